The number of rotatable bonds is 25. The molecule has 4 fully saturated rings. The van der Waals surface area contributed by atoms with Crippen molar-refractivity contribution in [2.45, 2.75) is 102 Å². The van der Waals surface area contributed by atoms with Gasteiger partial charge in [0.2, 0.25) is 0 Å². The number of pyridine rings is 8. The molecule has 0 saturated carbocycles. The highest BCUT2D eigenvalue weighted by atomic mass is 16.5. The monoisotopic (exact) mass is 1750 g/mol. The first-order valence-electron chi connectivity index (χ1n) is 43.3. The summed E-state index contributed by atoms with van der Waals surface area (Å²) >= 11 is 0. The number of amides is 2. The fraction of sp³-hybridized carbons (Fsp3) is 0.320. The lowest BCUT2D eigenvalue weighted by Crippen LogP contribution is -2.29. The van der Waals surface area contributed by atoms with E-state index in [0.717, 1.165) is 211 Å². The van der Waals surface area contributed by atoms with Crippen LogP contribution in [0.4, 0.5) is 29.0 Å². The van der Waals surface area contributed by atoms with E-state index < -0.39 is 0 Å². The lowest BCUT2D eigenvalue weighted by atomic mass is 10.0. The molecule has 0 aliphatic carbocycles. The minimum Gasteiger partial charge on any atom is -0.497 e. The van der Waals surface area contributed by atoms with Crippen molar-refractivity contribution in [3.8, 4) is 57.2 Å². The summed E-state index contributed by atoms with van der Waals surface area (Å²) in [4.78, 5) is 83.9. The molecule has 4 N–H and O–H groups in total. The molecule has 0 bridgehead atoms. The second kappa shape index (κ2) is 42.3. The number of aromatic nitrogens is 14. The highest BCUT2D eigenvalue weighted by Gasteiger charge is 2.30. The van der Waals surface area contributed by atoms with Crippen LogP contribution < -0.4 is 40.2 Å². The van der Waals surface area contributed by atoms with Gasteiger partial charge in [0.15, 0.2) is 5.69 Å². The zero-order valence-corrected chi connectivity index (χ0v) is 73.5. The number of fused-ring (bicyclic) bond motifs is 4. The molecule has 0 atom stereocenters. The molecule has 0 spiro atoms. The van der Waals surface area contributed by atoms with Crippen molar-refractivity contribution < 1.29 is 52.3 Å². The summed E-state index contributed by atoms with van der Waals surface area (Å²) in [5, 5.41) is 31.9. The minimum absolute atomic E-state index is 0.0517. The summed E-state index contributed by atoms with van der Waals surface area (Å²) < 4.78 is 48.8. The van der Waals surface area contributed by atoms with Gasteiger partial charge in [0.25, 0.3) is 18.3 Å². The van der Waals surface area contributed by atoms with Crippen molar-refractivity contribution >= 4 is 85.7 Å². The Labute approximate surface area is 751 Å². The standard InChI is InChI=1S/C27H30N6O3.C25H24N6O2.C25H25N5O4.C20H23N5O2/c1-32(2)27(34)19-8-12-28-22(16-19)25-24-23(9-13-29-26(24)30-20-10-14-36-15-11-20)33(31-25)17-18-4-6-21(35-3)7-5-18;1-26-19-7-11-27-21(15-19)24-23-22(8-12-28-25(23)29-18-9-13-33-14-10-18)31(30-24)16-17-3-5-20(32-2)6-4-17;1-32-19-4-2-17(3-5-19)15-30-22-7-11-27-25(28-18-8-12-33-13-9-18)23(22)24(29-30)21-14-20(34-16-31)6-10-26-21;1-25(2)20(26)13-3-7-21-16(11-13)18-17-14(12-23-18)4-8-22-19(17)24-15-5-9-27-10-6-15/h4-9,12-13,16,20H,10-11,14-15,17H2,1-3H3,(H,29,30);3-8,11-12,15,18H,9-10,13-14,16H2,2H3,(H,28,29);2-7,10-11,14,16,18H,8-9,12-13,15H2,1H3,(H,27,28);3-4,7-8,11,15H,5-6,9-10,12H2,1-2H3,(H,22,24). The van der Waals surface area contributed by atoms with Gasteiger partial charge in [-0.15, -0.1) is 0 Å². The quantitative estimate of drug-likeness (QED) is 0.0305. The predicted octanol–water partition coefficient (Wildman–Crippen LogP) is 14.3. The summed E-state index contributed by atoms with van der Waals surface area (Å²) in [7, 11) is 11.9. The number of aliphatic imine (C=N–C) groups is 1. The predicted molar refractivity (Wildman–Crippen MR) is 495 cm³/mol. The number of methoxy groups -OCH3 is 3. The van der Waals surface area contributed by atoms with E-state index >= 15 is 0 Å². The maximum Gasteiger partial charge on any atom is 0.298 e. The SMILES string of the molecule is CN(C)C(=O)c1ccnc(C2=NCc3ccnc(NC4CCOCC4)c32)c1.COc1ccc(Cn2nc(-c3cc(C(=O)N(C)C)ccn3)c3c(NC4CCOCC4)nccc32)cc1.COc1ccc(Cn2nc(-c3cc(OC=O)ccn3)c3c(NC4CCOCC4)nccc32)cc1.[C-]#[N+]c1ccnc(-c2nn(Cc3ccc(OC)cc3)c3ccnc(NC4CCOCC4)c23)c1. The van der Waals surface area contributed by atoms with Crippen LogP contribution in [0, 0.1) is 6.57 Å². The van der Waals surface area contributed by atoms with Crippen LogP contribution in [0.1, 0.15) is 106 Å². The first-order valence-corrected chi connectivity index (χ1v) is 43.3. The van der Waals surface area contributed by atoms with Gasteiger partial charge < -0.3 is 69.0 Å². The number of anilines is 4. The molecule has 33 nitrogen and oxygen atoms in total. The van der Waals surface area contributed by atoms with Crippen LogP contribution >= 0.6 is 0 Å². The number of hydrogen-bond acceptors (Lipinski definition) is 27. The highest BCUT2D eigenvalue weighted by molar-refractivity contribution is 6.17. The Morgan fingerprint density at radius 3 is 1.14 bits per heavy atom. The summed E-state index contributed by atoms with van der Waals surface area (Å²) in [5.74, 6) is 5.83. The van der Waals surface area contributed by atoms with Crippen LogP contribution in [0.2, 0.25) is 0 Å². The summed E-state index contributed by atoms with van der Waals surface area (Å²) in [5.41, 5.74) is 15.4. The van der Waals surface area contributed by atoms with E-state index in [9.17, 15) is 14.4 Å². The molecule has 3 aromatic carbocycles. The van der Waals surface area contributed by atoms with E-state index in [-0.39, 0.29) is 29.9 Å². The normalized spacial score (nSPS) is 14.6. The van der Waals surface area contributed by atoms with E-state index in [1.807, 2.05) is 130 Å². The first-order chi connectivity index (χ1) is 63.7. The Bertz CT molecular complexity index is 6350. The number of benzene rings is 3. The lowest BCUT2D eigenvalue weighted by molar-refractivity contribution is -0.120. The molecule has 14 aromatic rings. The van der Waals surface area contributed by atoms with Gasteiger partial charge in [-0.2, -0.15) is 15.3 Å². The van der Waals surface area contributed by atoms with Gasteiger partial charge >= 0.3 is 0 Å². The van der Waals surface area contributed by atoms with Crippen LogP contribution in [0.25, 0.3) is 71.7 Å². The largest absolute Gasteiger partial charge is 0.497 e. The third kappa shape index (κ3) is 21.2. The fourth-order valence-electron chi connectivity index (χ4n) is 16.1. The van der Waals surface area contributed by atoms with Crippen molar-refractivity contribution in [2.75, 3.05) is 124 Å². The van der Waals surface area contributed by atoms with Gasteiger partial charge in [-0.3, -0.25) is 53.4 Å². The molecule has 4 saturated heterocycles. The zero-order valence-electron chi connectivity index (χ0n) is 73.5. The molecule has 130 heavy (non-hydrogen) atoms. The Morgan fingerprint density at radius 2 is 0.754 bits per heavy atom. The van der Waals surface area contributed by atoms with E-state index in [0.29, 0.717) is 101 Å². The number of carbonyl (C=O) groups is 3. The topological polar surface area (TPSA) is 353 Å². The maximum atomic E-state index is 12.6. The number of nitrogens with one attached hydrogen (secondary N) is 4. The summed E-state index contributed by atoms with van der Waals surface area (Å²) in [6, 6.07) is 46.8. The van der Waals surface area contributed by atoms with E-state index in [4.69, 9.17) is 69.7 Å². The molecule has 16 heterocycles. The molecule has 2 amide bonds. The molecule has 19 rings (SSSR count). The highest BCUT2D eigenvalue weighted by Crippen LogP contribution is 2.39. The number of hydrogen-bond donors (Lipinski definition) is 4. The van der Waals surface area contributed by atoms with Crippen molar-refractivity contribution in [3.05, 3.63) is 251 Å². The van der Waals surface area contributed by atoms with E-state index in [1.165, 1.54) is 0 Å². The Kier molecular flexibility index (Phi) is 28.8. The summed E-state index contributed by atoms with van der Waals surface area (Å²) in [6.45, 7) is 16.0. The van der Waals surface area contributed by atoms with Gasteiger partial charge in [-0.25, -0.2) is 24.8 Å². The van der Waals surface area contributed by atoms with E-state index in [1.54, 1.807) is 139 Å². The van der Waals surface area contributed by atoms with Gasteiger partial charge in [-0.1, -0.05) is 36.4 Å². The molecule has 666 valence electrons. The second-order valence-corrected chi connectivity index (χ2v) is 32.1. The summed E-state index contributed by atoms with van der Waals surface area (Å²) in [6.07, 6.45) is 21.2. The van der Waals surface area contributed by atoms with Crippen LogP contribution in [-0.4, -0.2) is 230 Å². The third-order valence-electron chi connectivity index (χ3n) is 23.0. The molecule has 0 unspecified atom stereocenters. The molecule has 5 aliphatic heterocycles. The third-order valence-corrected chi connectivity index (χ3v) is 23.0. The minimum atomic E-state index is -0.0840. The molecule has 11 aromatic heterocycles. The maximum absolute atomic E-state index is 12.6. The van der Waals surface area contributed by atoms with Crippen LogP contribution in [0.3, 0.4) is 0 Å². The van der Waals surface area contributed by atoms with Crippen LogP contribution in [0.5, 0.6) is 23.0 Å². The lowest BCUT2D eigenvalue weighted by Gasteiger charge is -2.24. The van der Waals surface area contributed by atoms with Crippen molar-refractivity contribution in [3.63, 3.8) is 0 Å². The molecule has 33 heteroatoms. The van der Waals surface area contributed by atoms with Gasteiger partial charge in [0.05, 0.1) is 115 Å². The van der Waals surface area contributed by atoms with Crippen molar-refractivity contribution in [1.82, 2.24) is 79.0 Å². The Balaban J connectivity index is 0.000000127. The fourth-order valence-corrected chi connectivity index (χ4v) is 16.1. The zero-order chi connectivity index (χ0) is 89.8. The van der Waals surface area contributed by atoms with Crippen LogP contribution in [-0.2, 0) is 49.9 Å². The number of carbonyl (C=O) groups excluding carboxylic acids is 3. The van der Waals surface area contributed by atoms with Crippen molar-refractivity contribution in [1.29, 1.82) is 0 Å². The van der Waals surface area contributed by atoms with Gasteiger partial charge in [0.1, 0.15) is 63.4 Å². The molecule has 5 aliphatic rings. The molecular formula is C97H102N22O11. The molecule has 0 radical (unpaired) electrons. The number of nitrogens with zero attached hydrogens (tertiary/aromatic N) is 18. The first kappa shape index (κ1) is 88.7. The number of ether oxygens (including phenoxy) is 8. The molecular weight excluding hydrogens is 1650 g/mol. The average molecular weight is 1750 g/mol. The smallest absolute Gasteiger partial charge is 0.298 e. The Morgan fingerprint density at radius 1 is 0.415 bits per heavy atom. The Hall–Kier alpha value is -14.7. The van der Waals surface area contributed by atoms with Gasteiger partial charge in [-0.05, 0) is 177 Å². The average Bonchev–Trinajstić information content (AvgIpc) is 1.62. The second-order valence-electron chi connectivity index (χ2n) is 32.1. The van der Waals surface area contributed by atoms with Gasteiger partial charge in [0, 0.05) is 178 Å². The van der Waals surface area contributed by atoms with E-state index in [2.05, 4.69) is 61.0 Å². The van der Waals surface area contributed by atoms with Crippen LogP contribution in [0.15, 0.2) is 200 Å². The van der Waals surface area contributed by atoms with Crippen molar-refractivity contribution in [2.24, 2.45) is 4.99 Å².